The molecule has 3 rings (SSSR count). The van der Waals surface area contributed by atoms with Gasteiger partial charge in [0, 0.05) is 24.1 Å². The standard InChI is InChI=1S/C17H11ClF2N2O3/c18-9-1-3-11-12(7-9)17(25)22(16(11)24)6-5-15(23)21-14-4-2-10(19)8-13(14)20/h1-4,7-8H,5-6H2,(H,21,23). The Labute approximate surface area is 146 Å². The van der Waals surface area contributed by atoms with E-state index in [4.69, 9.17) is 11.6 Å². The second kappa shape index (κ2) is 6.60. The second-order valence-corrected chi connectivity index (χ2v) is 5.81. The summed E-state index contributed by atoms with van der Waals surface area (Å²) in [5.41, 5.74) is 0.224. The normalized spacial score (nSPS) is 13.2. The number of benzene rings is 2. The average molecular weight is 365 g/mol. The highest BCUT2D eigenvalue weighted by molar-refractivity contribution is 6.32. The van der Waals surface area contributed by atoms with Gasteiger partial charge in [-0.2, -0.15) is 0 Å². The van der Waals surface area contributed by atoms with Crippen LogP contribution in [0.2, 0.25) is 5.02 Å². The molecule has 0 bridgehead atoms. The van der Waals surface area contributed by atoms with Crippen molar-refractivity contribution in [2.24, 2.45) is 0 Å². The first kappa shape index (κ1) is 17.0. The third kappa shape index (κ3) is 3.36. The van der Waals surface area contributed by atoms with Crippen LogP contribution in [0.4, 0.5) is 14.5 Å². The van der Waals surface area contributed by atoms with Gasteiger partial charge in [0.05, 0.1) is 16.8 Å². The van der Waals surface area contributed by atoms with Crippen LogP contribution in [0.1, 0.15) is 27.1 Å². The summed E-state index contributed by atoms with van der Waals surface area (Å²) in [6.45, 7) is -0.168. The van der Waals surface area contributed by atoms with Gasteiger partial charge in [0.1, 0.15) is 11.6 Å². The second-order valence-electron chi connectivity index (χ2n) is 5.37. The molecule has 1 N–H and O–H groups in total. The number of imide groups is 1. The van der Waals surface area contributed by atoms with Crippen LogP contribution >= 0.6 is 11.6 Å². The molecule has 0 unspecified atom stereocenters. The van der Waals surface area contributed by atoms with Crippen LogP contribution in [0.3, 0.4) is 0 Å². The van der Waals surface area contributed by atoms with E-state index in [1.807, 2.05) is 0 Å². The molecule has 2 aromatic carbocycles. The minimum atomic E-state index is -0.913. The number of hydrogen-bond acceptors (Lipinski definition) is 3. The molecule has 1 heterocycles. The Morgan fingerprint density at radius 2 is 1.76 bits per heavy atom. The van der Waals surface area contributed by atoms with Gasteiger partial charge in [0.25, 0.3) is 11.8 Å². The summed E-state index contributed by atoms with van der Waals surface area (Å²) in [6, 6.07) is 7.08. The van der Waals surface area contributed by atoms with Crippen molar-refractivity contribution in [3.63, 3.8) is 0 Å². The first-order valence-corrected chi connectivity index (χ1v) is 7.65. The molecule has 1 aliphatic heterocycles. The lowest BCUT2D eigenvalue weighted by Crippen LogP contribution is -2.33. The Bertz CT molecular complexity index is 901. The lowest BCUT2D eigenvalue weighted by molar-refractivity contribution is -0.116. The molecular formula is C17H11ClF2N2O3. The fourth-order valence-electron chi connectivity index (χ4n) is 2.48. The van der Waals surface area contributed by atoms with Crippen LogP contribution in [-0.4, -0.2) is 29.2 Å². The van der Waals surface area contributed by atoms with E-state index >= 15 is 0 Å². The summed E-state index contributed by atoms with van der Waals surface area (Å²) >= 11 is 5.82. The molecule has 0 radical (unpaired) electrons. The van der Waals surface area contributed by atoms with Gasteiger partial charge in [0.2, 0.25) is 5.91 Å². The SMILES string of the molecule is O=C(CCN1C(=O)c2ccc(Cl)cc2C1=O)Nc1ccc(F)cc1F. The zero-order valence-corrected chi connectivity index (χ0v) is 13.4. The zero-order chi connectivity index (χ0) is 18.1. The van der Waals surface area contributed by atoms with E-state index in [0.29, 0.717) is 11.1 Å². The van der Waals surface area contributed by atoms with E-state index < -0.39 is 29.4 Å². The van der Waals surface area contributed by atoms with Crippen LogP contribution in [0.15, 0.2) is 36.4 Å². The van der Waals surface area contributed by atoms with Gasteiger partial charge in [-0.05, 0) is 30.3 Å². The molecule has 25 heavy (non-hydrogen) atoms. The van der Waals surface area contributed by atoms with E-state index in [0.717, 1.165) is 17.0 Å². The van der Waals surface area contributed by atoms with Crippen molar-refractivity contribution >= 4 is 35.0 Å². The number of halogens is 3. The summed E-state index contributed by atoms with van der Waals surface area (Å²) in [4.78, 5) is 37.3. The van der Waals surface area contributed by atoms with Gasteiger partial charge in [-0.25, -0.2) is 8.78 Å². The third-order valence-corrected chi connectivity index (χ3v) is 3.94. The fourth-order valence-corrected chi connectivity index (χ4v) is 2.66. The van der Waals surface area contributed by atoms with E-state index in [-0.39, 0.29) is 29.8 Å². The monoisotopic (exact) mass is 364 g/mol. The van der Waals surface area contributed by atoms with Crippen LogP contribution in [0.5, 0.6) is 0 Å². The Balaban J connectivity index is 1.65. The van der Waals surface area contributed by atoms with E-state index in [1.54, 1.807) is 0 Å². The summed E-state index contributed by atoms with van der Waals surface area (Å²) in [7, 11) is 0. The van der Waals surface area contributed by atoms with E-state index in [1.165, 1.54) is 18.2 Å². The molecule has 3 amide bonds. The Morgan fingerprint density at radius 3 is 2.48 bits per heavy atom. The number of nitrogens with zero attached hydrogens (tertiary/aromatic N) is 1. The fraction of sp³-hybridized carbons (Fsp3) is 0.118. The molecule has 2 aromatic rings. The summed E-state index contributed by atoms with van der Waals surface area (Å²) in [5.74, 6) is -3.34. The van der Waals surface area contributed by atoms with Gasteiger partial charge in [-0.15, -0.1) is 0 Å². The van der Waals surface area contributed by atoms with Crippen LogP contribution in [-0.2, 0) is 4.79 Å². The highest BCUT2D eigenvalue weighted by Crippen LogP contribution is 2.26. The number of nitrogens with one attached hydrogen (secondary N) is 1. The van der Waals surface area contributed by atoms with Gasteiger partial charge in [0.15, 0.2) is 0 Å². The minimum Gasteiger partial charge on any atom is -0.324 e. The quantitative estimate of drug-likeness (QED) is 0.847. The van der Waals surface area contributed by atoms with Crippen LogP contribution in [0, 0.1) is 11.6 Å². The minimum absolute atomic E-state index is 0.168. The number of rotatable bonds is 4. The third-order valence-electron chi connectivity index (χ3n) is 3.70. The highest BCUT2D eigenvalue weighted by Gasteiger charge is 2.35. The van der Waals surface area contributed by atoms with Gasteiger partial charge < -0.3 is 5.32 Å². The first-order chi connectivity index (χ1) is 11.9. The number of carbonyl (C=O) groups is 3. The molecule has 0 spiro atoms. The van der Waals surface area contributed by atoms with Crippen molar-refractivity contribution in [2.45, 2.75) is 6.42 Å². The van der Waals surface area contributed by atoms with Gasteiger partial charge in [-0.1, -0.05) is 11.6 Å². The molecule has 128 valence electrons. The Morgan fingerprint density at radius 1 is 1.04 bits per heavy atom. The van der Waals surface area contributed by atoms with Gasteiger partial charge in [-0.3, -0.25) is 19.3 Å². The van der Waals surface area contributed by atoms with Crippen molar-refractivity contribution in [3.8, 4) is 0 Å². The maximum atomic E-state index is 13.5. The predicted octanol–water partition coefficient (Wildman–Crippen LogP) is 3.24. The number of anilines is 1. The maximum Gasteiger partial charge on any atom is 0.261 e. The lowest BCUT2D eigenvalue weighted by atomic mass is 10.1. The largest absolute Gasteiger partial charge is 0.324 e. The van der Waals surface area contributed by atoms with E-state index in [2.05, 4.69) is 5.32 Å². The number of hydrogen-bond donors (Lipinski definition) is 1. The molecule has 5 nitrogen and oxygen atoms in total. The average Bonchev–Trinajstić information content (AvgIpc) is 2.79. The van der Waals surface area contributed by atoms with E-state index in [9.17, 15) is 23.2 Å². The molecule has 0 aliphatic carbocycles. The molecule has 0 aromatic heterocycles. The Hall–Kier alpha value is -2.80. The van der Waals surface area contributed by atoms with Crippen LogP contribution < -0.4 is 5.32 Å². The summed E-state index contributed by atoms with van der Waals surface area (Å²) in [5, 5.41) is 2.60. The number of amides is 3. The van der Waals surface area contributed by atoms with Crippen molar-refractivity contribution in [1.82, 2.24) is 4.90 Å². The number of carbonyl (C=O) groups excluding carboxylic acids is 3. The molecule has 8 heteroatoms. The Kier molecular flexibility index (Phi) is 4.50. The number of fused-ring (bicyclic) bond motifs is 1. The first-order valence-electron chi connectivity index (χ1n) is 7.27. The molecule has 0 atom stereocenters. The lowest BCUT2D eigenvalue weighted by Gasteiger charge is -2.13. The predicted molar refractivity (Wildman–Crippen MR) is 86.4 cm³/mol. The summed E-state index contributed by atoms with van der Waals surface area (Å²) < 4.78 is 26.3. The molecule has 0 fully saturated rings. The molecular weight excluding hydrogens is 354 g/mol. The van der Waals surface area contributed by atoms with Crippen molar-refractivity contribution in [1.29, 1.82) is 0 Å². The molecule has 0 saturated heterocycles. The zero-order valence-electron chi connectivity index (χ0n) is 12.7. The molecule has 0 saturated carbocycles. The summed E-state index contributed by atoms with van der Waals surface area (Å²) in [6.07, 6.45) is -0.226. The van der Waals surface area contributed by atoms with Crippen molar-refractivity contribution in [2.75, 3.05) is 11.9 Å². The van der Waals surface area contributed by atoms with Crippen LogP contribution in [0.25, 0.3) is 0 Å². The van der Waals surface area contributed by atoms with Crippen molar-refractivity contribution in [3.05, 3.63) is 64.2 Å². The van der Waals surface area contributed by atoms with Gasteiger partial charge >= 0.3 is 0 Å². The highest BCUT2D eigenvalue weighted by atomic mass is 35.5. The molecule has 1 aliphatic rings. The topological polar surface area (TPSA) is 66.5 Å². The van der Waals surface area contributed by atoms with Crippen molar-refractivity contribution < 1.29 is 23.2 Å². The smallest absolute Gasteiger partial charge is 0.261 e. The maximum absolute atomic E-state index is 13.5.